The van der Waals surface area contributed by atoms with E-state index in [0.29, 0.717) is 27.4 Å². The summed E-state index contributed by atoms with van der Waals surface area (Å²) in [6.07, 6.45) is 2.00. The second-order valence-electron chi connectivity index (χ2n) is 7.16. The fraction of sp³-hybridized carbons (Fsp3) is 0.125. The molecule has 0 radical (unpaired) electrons. The maximum Gasteiger partial charge on any atom is 0.256 e. The Bertz CT molecular complexity index is 1120. The Morgan fingerprint density at radius 2 is 1.47 bits per heavy atom. The van der Waals surface area contributed by atoms with Gasteiger partial charge in [0.15, 0.2) is 5.78 Å². The summed E-state index contributed by atoms with van der Waals surface area (Å²) < 4.78 is 0. The summed E-state index contributed by atoms with van der Waals surface area (Å²) in [6, 6.07) is 20.1. The second kappa shape index (κ2) is 8.51. The molecule has 3 aromatic rings. The number of rotatable bonds is 6. The zero-order chi connectivity index (χ0) is 21.1. The van der Waals surface area contributed by atoms with Gasteiger partial charge in [0.2, 0.25) is 0 Å². The van der Waals surface area contributed by atoms with Crippen LogP contribution in [-0.4, -0.2) is 23.6 Å². The van der Waals surface area contributed by atoms with E-state index < -0.39 is 5.91 Å². The number of anilines is 1. The minimum atomic E-state index is -0.423. The summed E-state index contributed by atoms with van der Waals surface area (Å²) in [6.45, 7) is 0. The van der Waals surface area contributed by atoms with Crippen LogP contribution in [0.5, 0.6) is 0 Å². The van der Waals surface area contributed by atoms with Crippen LogP contribution in [-0.2, 0) is 0 Å². The molecule has 1 fully saturated rings. The first kappa shape index (κ1) is 19.9. The molecule has 3 aromatic carbocycles. The first-order valence-electron chi connectivity index (χ1n) is 9.63. The quantitative estimate of drug-likeness (QED) is 0.569. The van der Waals surface area contributed by atoms with Crippen LogP contribution in [0.3, 0.4) is 0 Å². The molecule has 2 amide bonds. The molecular formula is C24H19ClN2O3. The number of carbonyl (C=O) groups excluding carboxylic acids is 3. The summed E-state index contributed by atoms with van der Waals surface area (Å²) in [5.74, 6) is -0.852. The average molecular weight is 419 g/mol. The van der Waals surface area contributed by atoms with Crippen molar-refractivity contribution in [2.24, 2.45) is 0 Å². The highest BCUT2D eigenvalue weighted by Gasteiger charge is 2.24. The van der Waals surface area contributed by atoms with Crippen LogP contribution in [0.1, 0.15) is 49.5 Å². The fourth-order valence-electron chi connectivity index (χ4n) is 3.07. The standard InChI is InChI=1S/C24H19ClN2O3/c25-17-10-8-15(9-11-17)22(28)20-6-1-2-7-21(20)24(30)27-19-5-3-4-16(14-19)23(29)26-18-12-13-18/h1-11,14,18H,12-13H2,(H,26,29)(H,27,30). The third-order valence-electron chi connectivity index (χ3n) is 4.82. The third-order valence-corrected chi connectivity index (χ3v) is 5.07. The normalized spacial score (nSPS) is 12.8. The topological polar surface area (TPSA) is 75.3 Å². The maximum atomic E-state index is 12.9. The van der Waals surface area contributed by atoms with Crippen LogP contribution in [0.15, 0.2) is 72.8 Å². The molecule has 5 nitrogen and oxygen atoms in total. The molecule has 1 aliphatic carbocycles. The van der Waals surface area contributed by atoms with Gasteiger partial charge in [-0.3, -0.25) is 14.4 Å². The Kier molecular flexibility index (Phi) is 5.63. The first-order chi connectivity index (χ1) is 14.5. The van der Waals surface area contributed by atoms with Gasteiger partial charge < -0.3 is 10.6 Å². The van der Waals surface area contributed by atoms with E-state index in [0.717, 1.165) is 12.8 Å². The van der Waals surface area contributed by atoms with Gasteiger partial charge in [0.1, 0.15) is 0 Å². The van der Waals surface area contributed by atoms with Crippen molar-refractivity contribution in [1.82, 2.24) is 5.32 Å². The molecule has 0 atom stereocenters. The molecule has 0 spiro atoms. The summed E-state index contributed by atoms with van der Waals surface area (Å²) in [7, 11) is 0. The Morgan fingerprint density at radius 3 is 2.17 bits per heavy atom. The van der Waals surface area contributed by atoms with Gasteiger partial charge in [-0.15, -0.1) is 0 Å². The molecule has 1 aliphatic rings. The zero-order valence-corrected chi connectivity index (χ0v) is 16.8. The number of halogens is 1. The lowest BCUT2D eigenvalue weighted by Gasteiger charge is -2.11. The third kappa shape index (κ3) is 4.58. The highest BCUT2D eigenvalue weighted by molar-refractivity contribution is 6.30. The van der Waals surface area contributed by atoms with Gasteiger partial charge in [-0.2, -0.15) is 0 Å². The van der Waals surface area contributed by atoms with Crippen LogP contribution < -0.4 is 10.6 Å². The molecule has 0 saturated heterocycles. The van der Waals surface area contributed by atoms with Crippen molar-refractivity contribution in [3.63, 3.8) is 0 Å². The highest BCUT2D eigenvalue weighted by Crippen LogP contribution is 2.21. The monoisotopic (exact) mass is 418 g/mol. The number of hydrogen-bond acceptors (Lipinski definition) is 3. The van der Waals surface area contributed by atoms with Gasteiger partial charge in [0, 0.05) is 33.4 Å². The predicted molar refractivity (Wildman–Crippen MR) is 116 cm³/mol. The lowest BCUT2D eigenvalue weighted by molar-refractivity contribution is 0.0949. The lowest BCUT2D eigenvalue weighted by atomic mass is 9.98. The summed E-state index contributed by atoms with van der Waals surface area (Å²) in [5.41, 5.74) is 1.95. The van der Waals surface area contributed by atoms with Crippen molar-refractivity contribution in [3.05, 3.63) is 100 Å². The molecule has 0 aromatic heterocycles. The van der Waals surface area contributed by atoms with Gasteiger partial charge in [-0.1, -0.05) is 35.9 Å². The minimum absolute atomic E-state index is 0.160. The molecule has 150 valence electrons. The molecular weight excluding hydrogens is 400 g/mol. The molecule has 1 saturated carbocycles. The van der Waals surface area contributed by atoms with Crippen LogP contribution in [0.4, 0.5) is 5.69 Å². The van der Waals surface area contributed by atoms with Crippen LogP contribution in [0, 0.1) is 0 Å². The van der Waals surface area contributed by atoms with Gasteiger partial charge in [0.25, 0.3) is 11.8 Å². The summed E-state index contributed by atoms with van der Waals surface area (Å²) >= 11 is 5.90. The van der Waals surface area contributed by atoms with Crippen LogP contribution in [0.25, 0.3) is 0 Å². The molecule has 2 N–H and O–H groups in total. The largest absolute Gasteiger partial charge is 0.349 e. The van der Waals surface area contributed by atoms with Gasteiger partial charge in [0.05, 0.1) is 5.56 Å². The summed E-state index contributed by atoms with van der Waals surface area (Å²) in [4.78, 5) is 38.1. The number of hydrogen-bond donors (Lipinski definition) is 2. The van der Waals surface area contributed by atoms with Crippen LogP contribution in [0.2, 0.25) is 5.02 Å². The second-order valence-corrected chi connectivity index (χ2v) is 7.60. The Morgan fingerprint density at radius 1 is 0.767 bits per heavy atom. The zero-order valence-electron chi connectivity index (χ0n) is 16.0. The van der Waals surface area contributed by atoms with E-state index in [1.54, 1.807) is 72.8 Å². The van der Waals surface area contributed by atoms with Crippen molar-refractivity contribution in [2.45, 2.75) is 18.9 Å². The lowest BCUT2D eigenvalue weighted by Crippen LogP contribution is -2.25. The maximum absolute atomic E-state index is 12.9. The Hall–Kier alpha value is -3.44. The van der Waals surface area contributed by atoms with E-state index in [1.807, 2.05) is 0 Å². The average Bonchev–Trinajstić information content (AvgIpc) is 3.58. The molecule has 0 aliphatic heterocycles. The van der Waals surface area contributed by atoms with Gasteiger partial charge in [-0.05, 0) is 61.4 Å². The molecule has 0 unspecified atom stereocenters. The highest BCUT2D eigenvalue weighted by atomic mass is 35.5. The number of ketones is 1. The number of carbonyl (C=O) groups is 3. The van der Waals surface area contributed by atoms with Crippen molar-refractivity contribution < 1.29 is 14.4 Å². The SMILES string of the molecule is O=C(NC1CC1)c1cccc(NC(=O)c2ccccc2C(=O)c2ccc(Cl)cc2)c1. The first-order valence-corrected chi connectivity index (χ1v) is 10.0. The summed E-state index contributed by atoms with van der Waals surface area (Å²) in [5, 5.41) is 6.24. The van der Waals surface area contributed by atoms with Crippen molar-refractivity contribution >= 4 is 34.9 Å². The Labute approximate surface area is 179 Å². The van der Waals surface area contributed by atoms with Crippen LogP contribution >= 0.6 is 11.6 Å². The van der Waals surface area contributed by atoms with E-state index >= 15 is 0 Å². The van der Waals surface area contributed by atoms with E-state index in [4.69, 9.17) is 11.6 Å². The van der Waals surface area contributed by atoms with Gasteiger partial charge >= 0.3 is 0 Å². The molecule has 30 heavy (non-hydrogen) atoms. The molecule has 6 heteroatoms. The molecule has 4 rings (SSSR count). The van der Waals surface area contributed by atoms with E-state index in [9.17, 15) is 14.4 Å². The molecule has 0 heterocycles. The van der Waals surface area contributed by atoms with Crippen molar-refractivity contribution in [3.8, 4) is 0 Å². The van der Waals surface area contributed by atoms with Crippen molar-refractivity contribution in [2.75, 3.05) is 5.32 Å². The number of nitrogens with one attached hydrogen (secondary N) is 2. The van der Waals surface area contributed by atoms with E-state index in [1.165, 1.54) is 0 Å². The minimum Gasteiger partial charge on any atom is -0.349 e. The predicted octanol–water partition coefficient (Wildman–Crippen LogP) is 4.72. The van der Waals surface area contributed by atoms with Gasteiger partial charge in [-0.25, -0.2) is 0 Å². The number of benzene rings is 3. The van der Waals surface area contributed by atoms with Crippen molar-refractivity contribution in [1.29, 1.82) is 0 Å². The Balaban J connectivity index is 1.55. The smallest absolute Gasteiger partial charge is 0.256 e. The van der Waals surface area contributed by atoms with E-state index in [2.05, 4.69) is 10.6 Å². The number of amides is 2. The molecule has 0 bridgehead atoms. The fourth-order valence-corrected chi connectivity index (χ4v) is 3.19. The van der Waals surface area contributed by atoms with E-state index in [-0.39, 0.29) is 23.3 Å².